The van der Waals surface area contributed by atoms with Crippen LogP contribution >= 0.6 is 0 Å². The summed E-state index contributed by atoms with van der Waals surface area (Å²) in [7, 11) is 0. The van der Waals surface area contributed by atoms with Crippen molar-refractivity contribution in [3.8, 4) is 5.75 Å². The number of carbonyl (C=O) groups is 2. The van der Waals surface area contributed by atoms with Crippen molar-refractivity contribution in [1.29, 1.82) is 0 Å². The minimum absolute atomic E-state index is 0.00303. The topological polar surface area (TPSA) is 58.6 Å². The Morgan fingerprint density at radius 1 is 1.04 bits per heavy atom. The third-order valence-electron chi connectivity index (χ3n) is 4.89. The molecule has 1 atom stereocenters. The summed E-state index contributed by atoms with van der Waals surface area (Å²) in [6, 6.07) is 18.9. The van der Waals surface area contributed by atoms with Crippen molar-refractivity contribution in [2.45, 2.75) is 32.3 Å². The van der Waals surface area contributed by atoms with E-state index in [1.54, 1.807) is 0 Å². The van der Waals surface area contributed by atoms with Crippen LogP contribution in [0.25, 0.3) is 0 Å². The van der Waals surface area contributed by atoms with Gasteiger partial charge < -0.3 is 15.0 Å². The van der Waals surface area contributed by atoms with E-state index in [0.29, 0.717) is 38.1 Å². The summed E-state index contributed by atoms with van der Waals surface area (Å²) in [6.07, 6.45) is 1.47. The van der Waals surface area contributed by atoms with Crippen molar-refractivity contribution in [3.05, 3.63) is 60.7 Å². The van der Waals surface area contributed by atoms with Crippen LogP contribution in [0.1, 0.15) is 26.2 Å². The Labute approximate surface area is 160 Å². The van der Waals surface area contributed by atoms with Crippen molar-refractivity contribution >= 4 is 17.5 Å². The molecule has 2 amide bonds. The Hall–Kier alpha value is -2.82. The van der Waals surface area contributed by atoms with E-state index in [-0.39, 0.29) is 17.7 Å². The minimum Gasteiger partial charge on any atom is -0.481 e. The van der Waals surface area contributed by atoms with Gasteiger partial charge in [0.1, 0.15) is 5.75 Å². The van der Waals surface area contributed by atoms with E-state index in [0.717, 1.165) is 5.69 Å². The smallest absolute Gasteiger partial charge is 0.263 e. The maximum Gasteiger partial charge on any atom is 0.263 e. The molecule has 2 aromatic carbocycles. The highest BCUT2D eigenvalue weighted by Crippen LogP contribution is 2.22. The molecule has 0 radical (unpaired) electrons. The molecule has 27 heavy (non-hydrogen) atoms. The van der Waals surface area contributed by atoms with Crippen LogP contribution in [0.3, 0.4) is 0 Å². The van der Waals surface area contributed by atoms with Crippen LogP contribution in [0, 0.1) is 5.92 Å². The molecule has 1 N–H and O–H groups in total. The van der Waals surface area contributed by atoms with E-state index in [4.69, 9.17) is 4.74 Å². The number of carbonyl (C=O) groups excluding carboxylic acids is 2. The van der Waals surface area contributed by atoms with Gasteiger partial charge in [-0.25, -0.2) is 0 Å². The van der Waals surface area contributed by atoms with Gasteiger partial charge in [0.25, 0.3) is 5.91 Å². The Morgan fingerprint density at radius 3 is 2.22 bits per heavy atom. The lowest BCUT2D eigenvalue weighted by atomic mass is 9.95. The highest BCUT2D eigenvalue weighted by molar-refractivity contribution is 5.92. The van der Waals surface area contributed by atoms with Crippen molar-refractivity contribution in [2.75, 3.05) is 18.4 Å². The van der Waals surface area contributed by atoms with Crippen LogP contribution in [0.4, 0.5) is 5.69 Å². The number of rotatable bonds is 6. The van der Waals surface area contributed by atoms with Gasteiger partial charge in [0.2, 0.25) is 5.91 Å². The maximum atomic E-state index is 12.8. The zero-order valence-electron chi connectivity index (χ0n) is 15.6. The van der Waals surface area contributed by atoms with Crippen molar-refractivity contribution in [2.24, 2.45) is 5.92 Å². The van der Waals surface area contributed by atoms with Gasteiger partial charge in [0.05, 0.1) is 0 Å². The van der Waals surface area contributed by atoms with E-state index in [2.05, 4.69) is 5.32 Å². The molecule has 1 aliphatic rings. The Bertz CT molecular complexity index is 741. The minimum atomic E-state index is -0.484. The zero-order valence-corrected chi connectivity index (χ0v) is 15.6. The van der Waals surface area contributed by atoms with Gasteiger partial charge >= 0.3 is 0 Å². The molecule has 0 saturated carbocycles. The third kappa shape index (κ3) is 5.09. The largest absolute Gasteiger partial charge is 0.481 e. The highest BCUT2D eigenvalue weighted by Gasteiger charge is 2.31. The Kier molecular flexibility index (Phi) is 6.47. The second kappa shape index (κ2) is 9.21. The van der Waals surface area contributed by atoms with Gasteiger partial charge in [-0.05, 0) is 43.5 Å². The van der Waals surface area contributed by atoms with E-state index in [1.165, 1.54) is 0 Å². The first kappa shape index (κ1) is 19.0. The van der Waals surface area contributed by atoms with Crippen LogP contribution in [0.5, 0.6) is 5.75 Å². The number of piperidine rings is 1. The molecule has 5 heteroatoms. The molecule has 3 rings (SSSR count). The molecule has 1 fully saturated rings. The van der Waals surface area contributed by atoms with Crippen LogP contribution in [0.2, 0.25) is 0 Å². The number of anilines is 1. The normalized spacial score (nSPS) is 15.8. The van der Waals surface area contributed by atoms with E-state index in [1.807, 2.05) is 72.5 Å². The number of para-hydroxylation sites is 2. The van der Waals surface area contributed by atoms with Crippen LogP contribution < -0.4 is 10.1 Å². The van der Waals surface area contributed by atoms with Crippen molar-refractivity contribution in [3.63, 3.8) is 0 Å². The summed E-state index contributed by atoms with van der Waals surface area (Å²) in [5.41, 5.74) is 0.809. The number of likely N-dealkylation sites (tertiary alicyclic amines) is 1. The SMILES string of the molecule is CCC(Oc1ccccc1)C(=O)N1CCC(C(=O)Nc2ccccc2)CC1. The van der Waals surface area contributed by atoms with Crippen LogP contribution in [0.15, 0.2) is 60.7 Å². The van der Waals surface area contributed by atoms with Crippen molar-refractivity contribution in [1.82, 2.24) is 4.90 Å². The Balaban J connectivity index is 1.51. The number of nitrogens with one attached hydrogen (secondary N) is 1. The predicted molar refractivity (Wildman–Crippen MR) is 106 cm³/mol. The number of nitrogens with zero attached hydrogens (tertiary/aromatic N) is 1. The fourth-order valence-electron chi connectivity index (χ4n) is 3.30. The summed E-state index contributed by atoms with van der Waals surface area (Å²) in [5.74, 6) is 0.670. The molecule has 5 nitrogen and oxygen atoms in total. The molecule has 1 heterocycles. The summed E-state index contributed by atoms with van der Waals surface area (Å²) in [5, 5.41) is 2.96. The first-order valence-corrected chi connectivity index (χ1v) is 9.53. The van der Waals surface area contributed by atoms with Gasteiger partial charge in [-0.2, -0.15) is 0 Å². The molecular weight excluding hydrogens is 340 g/mol. The fraction of sp³-hybridized carbons (Fsp3) is 0.364. The molecule has 1 aliphatic heterocycles. The number of amides is 2. The number of ether oxygens (including phenoxy) is 1. The number of benzene rings is 2. The average molecular weight is 366 g/mol. The summed E-state index contributed by atoms with van der Waals surface area (Å²) >= 11 is 0. The monoisotopic (exact) mass is 366 g/mol. The lowest BCUT2D eigenvalue weighted by molar-refractivity contribution is -0.141. The lowest BCUT2D eigenvalue weighted by Gasteiger charge is -2.33. The second-order valence-electron chi connectivity index (χ2n) is 6.78. The summed E-state index contributed by atoms with van der Waals surface area (Å²) < 4.78 is 5.86. The molecule has 0 aliphatic carbocycles. The molecule has 2 aromatic rings. The van der Waals surface area contributed by atoms with Gasteiger partial charge in [-0.15, -0.1) is 0 Å². The van der Waals surface area contributed by atoms with Crippen LogP contribution in [-0.4, -0.2) is 35.9 Å². The van der Waals surface area contributed by atoms with Crippen molar-refractivity contribution < 1.29 is 14.3 Å². The second-order valence-corrected chi connectivity index (χ2v) is 6.78. The van der Waals surface area contributed by atoms with Gasteiger partial charge in [0.15, 0.2) is 6.10 Å². The molecule has 1 saturated heterocycles. The Morgan fingerprint density at radius 2 is 1.63 bits per heavy atom. The van der Waals surface area contributed by atoms with Gasteiger partial charge in [0, 0.05) is 24.7 Å². The fourth-order valence-corrected chi connectivity index (χ4v) is 3.30. The maximum absolute atomic E-state index is 12.8. The van der Waals surface area contributed by atoms with Gasteiger partial charge in [-0.1, -0.05) is 43.3 Å². The van der Waals surface area contributed by atoms with E-state index < -0.39 is 6.10 Å². The highest BCUT2D eigenvalue weighted by atomic mass is 16.5. The molecule has 0 bridgehead atoms. The lowest BCUT2D eigenvalue weighted by Crippen LogP contribution is -2.47. The number of hydrogen-bond donors (Lipinski definition) is 1. The van der Waals surface area contributed by atoms with Crippen LogP contribution in [-0.2, 0) is 9.59 Å². The predicted octanol–water partition coefficient (Wildman–Crippen LogP) is 3.72. The standard InChI is InChI=1S/C22H26N2O3/c1-2-20(27-19-11-7-4-8-12-19)22(26)24-15-13-17(14-16-24)21(25)23-18-9-5-3-6-10-18/h3-12,17,20H,2,13-16H2,1H3,(H,23,25). The van der Waals surface area contributed by atoms with Gasteiger partial charge in [-0.3, -0.25) is 9.59 Å². The molecule has 142 valence electrons. The molecule has 0 spiro atoms. The number of hydrogen-bond acceptors (Lipinski definition) is 3. The zero-order chi connectivity index (χ0) is 19.1. The quantitative estimate of drug-likeness (QED) is 0.848. The summed E-state index contributed by atoms with van der Waals surface area (Å²) in [6.45, 7) is 3.12. The average Bonchev–Trinajstić information content (AvgIpc) is 2.73. The first-order valence-electron chi connectivity index (χ1n) is 9.53. The summed E-state index contributed by atoms with van der Waals surface area (Å²) in [4.78, 5) is 27.1. The third-order valence-corrected chi connectivity index (χ3v) is 4.89. The van der Waals surface area contributed by atoms with E-state index >= 15 is 0 Å². The van der Waals surface area contributed by atoms with E-state index in [9.17, 15) is 9.59 Å². The molecule has 1 unspecified atom stereocenters. The molecule has 0 aromatic heterocycles. The first-order chi connectivity index (χ1) is 13.2. The molecular formula is C22H26N2O3.